The van der Waals surface area contributed by atoms with E-state index in [1.807, 2.05) is 43.3 Å². The summed E-state index contributed by atoms with van der Waals surface area (Å²) in [4.78, 5) is 18.9. The highest BCUT2D eigenvalue weighted by Crippen LogP contribution is 2.38. The van der Waals surface area contributed by atoms with E-state index in [9.17, 15) is 18.0 Å². The predicted octanol–water partition coefficient (Wildman–Crippen LogP) is 6.78. The Hall–Kier alpha value is -3.14. The van der Waals surface area contributed by atoms with Gasteiger partial charge >= 0.3 is 6.18 Å². The van der Waals surface area contributed by atoms with Gasteiger partial charge in [0.25, 0.3) is 5.91 Å². The first-order valence-electron chi connectivity index (χ1n) is 11.1. The maximum absolute atomic E-state index is 14.1. The molecule has 2 aromatic heterocycles. The minimum absolute atomic E-state index is 0. The number of nitrogens with one attached hydrogen (secondary N) is 1. The van der Waals surface area contributed by atoms with Crippen LogP contribution in [0.1, 0.15) is 27.7 Å². The van der Waals surface area contributed by atoms with Crippen molar-refractivity contribution in [3.63, 3.8) is 0 Å². The second-order valence-corrected chi connectivity index (χ2v) is 9.45. The summed E-state index contributed by atoms with van der Waals surface area (Å²) in [7, 11) is 3.69. The standard InChI is InChI=1S/C27H24BrF3N4O.ClH/c1-34(2)17-22(33-26(36)19-6-5-15-32-16-19)25-14-13-23(18-9-11-20(28)12-10-18)35(25)24-8-4-3-7-21(24)27(29,30)31;/h3-16,22H,17H2,1-2H3,(H,33,36);1H. The molecule has 0 radical (unpaired) electrons. The number of alkyl halides is 3. The first-order valence-corrected chi connectivity index (χ1v) is 11.9. The van der Waals surface area contributed by atoms with Crippen molar-refractivity contribution in [2.24, 2.45) is 0 Å². The molecule has 0 spiro atoms. The van der Waals surface area contributed by atoms with Crippen LogP contribution in [0.5, 0.6) is 0 Å². The molecule has 4 aromatic rings. The third kappa shape index (κ3) is 6.60. The number of para-hydroxylation sites is 1. The van der Waals surface area contributed by atoms with Crippen molar-refractivity contribution in [3.05, 3.63) is 106 Å². The Morgan fingerprint density at radius 3 is 2.35 bits per heavy atom. The first kappa shape index (κ1) is 28.4. The van der Waals surface area contributed by atoms with Gasteiger partial charge in [0.2, 0.25) is 0 Å². The Kier molecular flexibility index (Phi) is 9.17. The molecule has 1 N–H and O–H groups in total. The van der Waals surface area contributed by atoms with Crippen molar-refractivity contribution in [3.8, 4) is 16.9 Å². The van der Waals surface area contributed by atoms with Crippen molar-refractivity contribution >= 4 is 34.2 Å². The van der Waals surface area contributed by atoms with Gasteiger partial charge in [-0.15, -0.1) is 12.4 Å². The SMILES string of the molecule is CN(C)CC(NC(=O)c1cccnc1)c1ccc(-c2ccc(Br)cc2)n1-c1ccccc1C(F)(F)F.Cl. The van der Waals surface area contributed by atoms with Gasteiger partial charge in [0.1, 0.15) is 0 Å². The summed E-state index contributed by atoms with van der Waals surface area (Å²) in [6, 6.07) is 19.0. The van der Waals surface area contributed by atoms with Crippen molar-refractivity contribution in [2.75, 3.05) is 20.6 Å². The zero-order valence-electron chi connectivity index (χ0n) is 20.0. The highest BCUT2D eigenvalue weighted by atomic mass is 79.9. The summed E-state index contributed by atoms with van der Waals surface area (Å²) < 4.78 is 44.7. The van der Waals surface area contributed by atoms with Gasteiger partial charge in [0.05, 0.1) is 28.6 Å². The number of aromatic nitrogens is 2. The Balaban J connectivity index is 0.00000380. The van der Waals surface area contributed by atoms with Crippen molar-refractivity contribution < 1.29 is 18.0 Å². The van der Waals surface area contributed by atoms with E-state index < -0.39 is 17.8 Å². The van der Waals surface area contributed by atoms with E-state index in [0.29, 0.717) is 23.5 Å². The summed E-state index contributed by atoms with van der Waals surface area (Å²) in [5, 5.41) is 2.99. The molecule has 10 heteroatoms. The summed E-state index contributed by atoms with van der Waals surface area (Å²) in [6.07, 6.45) is -1.55. The average Bonchev–Trinajstić information content (AvgIpc) is 3.29. The lowest BCUT2D eigenvalue weighted by Crippen LogP contribution is -2.36. The molecule has 1 unspecified atom stereocenters. The normalized spacial score (nSPS) is 12.2. The highest BCUT2D eigenvalue weighted by Gasteiger charge is 2.35. The molecule has 1 atom stereocenters. The fraction of sp³-hybridized carbons (Fsp3) is 0.185. The van der Waals surface area contributed by atoms with E-state index in [2.05, 4.69) is 26.2 Å². The number of halogens is 5. The van der Waals surface area contributed by atoms with Gasteiger partial charge in [0, 0.05) is 29.1 Å². The summed E-state index contributed by atoms with van der Waals surface area (Å²) in [5.41, 5.74) is 1.43. The Bertz CT molecular complexity index is 1340. The molecule has 1 amide bonds. The number of rotatable bonds is 7. The van der Waals surface area contributed by atoms with Crippen LogP contribution in [0.3, 0.4) is 0 Å². The molecule has 0 aliphatic carbocycles. The van der Waals surface area contributed by atoms with Gasteiger partial charge in [-0.2, -0.15) is 13.2 Å². The number of benzene rings is 2. The van der Waals surface area contributed by atoms with Gasteiger partial charge in [-0.25, -0.2) is 0 Å². The first-order chi connectivity index (χ1) is 17.1. The van der Waals surface area contributed by atoms with Crippen LogP contribution < -0.4 is 5.32 Å². The van der Waals surface area contributed by atoms with E-state index in [0.717, 1.165) is 16.1 Å². The van der Waals surface area contributed by atoms with Crippen LogP contribution >= 0.6 is 28.3 Å². The molecule has 2 heterocycles. The van der Waals surface area contributed by atoms with E-state index in [4.69, 9.17) is 0 Å². The molecule has 2 aromatic carbocycles. The number of carbonyl (C=O) groups excluding carboxylic acids is 1. The van der Waals surface area contributed by atoms with Crippen LogP contribution in [0, 0.1) is 0 Å². The second kappa shape index (κ2) is 11.9. The van der Waals surface area contributed by atoms with Crippen molar-refractivity contribution in [2.45, 2.75) is 12.2 Å². The number of carbonyl (C=O) groups is 1. The third-order valence-electron chi connectivity index (χ3n) is 5.64. The molecular weight excluding hydrogens is 569 g/mol. The number of hydrogen-bond acceptors (Lipinski definition) is 3. The fourth-order valence-corrected chi connectivity index (χ4v) is 4.33. The van der Waals surface area contributed by atoms with E-state index in [1.54, 1.807) is 41.1 Å². The summed E-state index contributed by atoms with van der Waals surface area (Å²) in [6.45, 7) is 0.365. The minimum atomic E-state index is -4.56. The van der Waals surface area contributed by atoms with E-state index in [-0.39, 0.29) is 24.0 Å². The van der Waals surface area contributed by atoms with Crippen LogP contribution in [0.25, 0.3) is 16.9 Å². The fourth-order valence-electron chi connectivity index (χ4n) is 4.06. The number of nitrogens with zero attached hydrogens (tertiary/aromatic N) is 3. The van der Waals surface area contributed by atoms with Crippen LogP contribution in [-0.4, -0.2) is 41.0 Å². The Morgan fingerprint density at radius 2 is 1.73 bits per heavy atom. The number of pyridine rings is 1. The molecule has 0 fully saturated rings. The lowest BCUT2D eigenvalue weighted by atomic mass is 10.1. The van der Waals surface area contributed by atoms with Crippen LogP contribution in [-0.2, 0) is 6.18 Å². The predicted molar refractivity (Wildman–Crippen MR) is 144 cm³/mol. The van der Waals surface area contributed by atoms with Crippen LogP contribution in [0.2, 0.25) is 0 Å². The molecule has 4 rings (SSSR count). The minimum Gasteiger partial charge on any atom is -0.342 e. The molecule has 0 bridgehead atoms. The number of likely N-dealkylation sites (N-methyl/N-ethyl adjacent to an activating group) is 1. The largest absolute Gasteiger partial charge is 0.418 e. The molecule has 37 heavy (non-hydrogen) atoms. The highest BCUT2D eigenvalue weighted by molar-refractivity contribution is 9.10. The third-order valence-corrected chi connectivity index (χ3v) is 6.16. The van der Waals surface area contributed by atoms with Crippen LogP contribution in [0.4, 0.5) is 13.2 Å². The second-order valence-electron chi connectivity index (χ2n) is 8.53. The van der Waals surface area contributed by atoms with Gasteiger partial charge in [-0.3, -0.25) is 9.78 Å². The molecule has 0 aliphatic rings. The molecule has 0 saturated carbocycles. The van der Waals surface area contributed by atoms with Crippen molar-refractivity contribution in [1.29, 1.82) is 0 Å². The Labute approximate surface area is 227 Å². The lowest BCUT2D eigenvalue weighted by molar-refractivity contribution is -0.137. The lowest BCUT2D eigenvalue weighted by Gasteiger charge is -2.26. The molecular formula is C27H25BrClF3N4O. The molecule has 5 nitrogen and oxygen atoms in total. The maximum atomic E-state index is 14.1. The monoisotopic (exact) mass is 592 g/mol. The summed E-state index contributed by atoms with van der Waals surface area (Å²) in [5.74, 6) is -0.364. The molecule has 194 valence electrons. The molecule has 0 aliphatic heterocycles. The number of hydrogen-bond donors (Lipinski definition) is 1. The topological polar surface area (TPSA) is 50.2 Å². The van der Waals surface area contributed by atoms with E-state index in [1.165, 1.54) is 18.3 Å². The van der Waals surface area contributed by atoms with Crippen LogP contribution in [0.15, 0.2) is 89.7 Å². The van der Waals surface area contributed by atoms with Gasteiger partial charge < -0.3 is 14.8 Å². The summed E-state index contributed by atoms with van der Waals surface area (Å²) >= 11 is 3.41. The average molecular weight is 594 g/mol. The van der Waals surface area contributed by atoms with Gasteiger partial charge in [-0.05, 0) is 68.2 Å². The zero-order chi connectivity index (χ0) is 25.9. The smallest absolute Gasteiger partial charge is 0.342 e. The Morgan fingerprint density at radius 1 is 1.03 bits per heavy atom. The van der Waals surface area contributed by atoms with Gasteiger partial charge in [-0.1, -0.05) is 40.2 Å². The van der Waals surface area contributed by atoms with E-state index >= 15 is 0 Å². The number of amides is 1. The molecule has 0 saturated heterocycles. The van der Waals surface area contributed by atoms with Gasteiger partial charge in [0.15, 0.2) is 0 Å². The maximum Gasteiger partial charge on any atom is 0.418 e. The van der Waals surface area contributed by atoms with Crippen molar-refractivity contribution in [1.82, 2.24) is 19.8 Å². The quantitative estimate of drug-likeness (QED) is 0.257. The zero-order valence-corrected chi connectivity index (χ0v) is 22.4.